The molecule has 1 aliphatic rings. The maximum atomic E-state index is 5.41. The van der Waals surface area contributed by atoms with E-state index in [0.29, 0.717) is 0 Å². The topological polar surface area (TPSA) is 43.2 Å². The van der Waals surface area contributed by atoms with Crippen LogP contribution in [0, 0.1) is 6.92 Å². The molecular formula is C16H22N4OS. The summed E-state index contributed by atoms with van der Waals surface area (Å²) in [5.41, 5.74) is 2.62. The van der Waals surface area contributed by atoms with Gasteiger partial charge < -0.3 is 9.64 Å². The Morgan fingerprint density at radius 2 is 2.05 bits per heavy atom. The third kappa shape index (κ3) is 3.44. The van der Waals surface area contributed by atoms with Gasteiger partial charge in [-0.2, -0.15) is 0 Å². The second-order valence-electron chi connectivity index (χ2n) is 5.40. The fourth-order valence-electron chi connectivity index (χ4n) is 2.61. The van der Waals surface area contributed by atoms with Gasteiger partial charge in [0.15, 0.2) is 5.16 Å². The molecule has 2 heterocycles. The van der Waals surface area contributed by atoms with Crippen LogP contribution in [0.1, 0.15) is 18.1 Å². The molecule has 0 radical (unpaired) electrons. The summed E-state index contributed by atoms with van der Waals surface area (Å²) in [5, 5.41) is 9.79. The monoisotopic (exact) mass is 318 g/mol. The third-order valence-electron chi connectivity index (χ3n) is 3.76. The van der Waals surface area contributed by atoms with Crippen LogP contribution in [0.15, 0.2) is 29.4 Å². The first-order valence-electron chi connectivity index (χ1n) is 7.72. The standard InChI is InChI=1S/C16H22N4OS/c1-3-20-15(19-7-9-21-10-8-19)17-18-16(20)22-12-14-6-4-5-13(2)11-14/h4-6,11H,3,7-10,12H2,1-2H3. The van der Waals surface area contributed by atoms with Crippen molar-refractivity contribution in [1.82, 2.24) is 14.8 Å². The predicted molar refractivity (Wildman–Crippen MR) is 89.5 cm³/mol. The molecule has 0 saturated carbocycles. The summed E-state index contributed by atoms with van der Waals surface area (Å²) in [6.07, 6.45) is 0. The lowest BCUT2D eigenvalue weighted by atomic mass is 10.2. The summed E-state index contributed by atoms with van der Waals surface area (Å²) >= 11 is 1.75. The molecular weight excluding hydrogens is 296 g/mol. The van der Waals surface area contributed by atoms with Crippen LogP contribution in [0.5, 0.6) is 0 Å². The average molecular weight is 318 g/mol. The summed E-state index contributed by atoms with van der Waals surface area (Å²) in [4.78, 5) is 2.26. The quantitative estimate of drug-likeness (QED) is 0.793. The van der Waals surface area contributed by atoms with Crippen molar-refractivity contribution in [3.05, 3.63) is 35.4 Å². The predicted octanol–water partition coefficient (Wildman–Crippen LogP) is 2.74. The Labute approximate surface area is 135 Å². The SMILES string of the molecule is CCn1c(SCc2cccc(C)c2)nnc1N1CCOCC1. The minimum Gasteiger partial charge on any atom is -0.378 e. The highest BCUT2D eigenvalue weighted by atomic mass is 32.2. The van der Waals surface area contributed by atoms with Gasteiger partial charge in [0.05, 0.1) is 13.2 Å². The van der Waals surface area contributed by atoms with E-state index in [1.54, 1.807) is 11.8 Å². The zero-order chi connectivity index (χ0) is 15.4. The van der Waals surface area contributed by atoms with E-state index < -0.39 is 0 Å². The van der Waals surface area contributed by atoms with Crippen molar-refractivity contribution in [2.75, 3.05) is 31.2 Å². The van der Waals surface area contributed by atoms with Gasteiger partial charge in [-0.25, -0.2) is 0 Å². The van der Waals surface area contributed by atoms with Crippen molar-refractivity contribution in [2.45, 2.75) is 31.3 Å². The molecule has 0 aliphatic carbocycles. The zero-order valence-electron chi connectivity index (χ0n) is 13.2. The summed E-state index contributed by atoms with van der Waals surface area (Å²) in [6, 6.07) is 8.62. The Hall–Kier alpha value is -1.53. The van der Waals surface area contributed by atoms with E-state index in [2.05, 4.69) is 57.8 Å². The van der Waals surface area contributed by atoms with Crippen LogP contribution in [0.2, 0.25) is 0 Å². The second kappa shape index (κ2) is 7.15. The summed E-state index contributed by atoms with van der Waals surface area (Å²) < 4.78 is 7.61. The lowest BCUT2D eigenvalue weighted by Gasteiger charge is -2.27. The van der Waals surface area contributed by atoms with Gasteiger partial charge in [0.25, 0.3) is 0 Å². The van der Waals surface area contributed by atoms with Gasteiger partial charge in [-0.1, -0.05) is 41.6 Å². The first kappa shape index (κ1) is 15.4. The highest BCUT2D eigenvalue weighted by Crippen LogP contribution is 2.25. The lowest BCUT2D eigenvalue weighted by molar-refractivity contribution is 0.121. The highest BCUT2D eigenvalue weighted by molar-refractivity contribution is 7.98. The second-order valence-corrected chi connectivity index (χ2v) is 6.35. The van der Waals surface area contributed by atoms with E-state index in [1.165, 1.54) is 11.1 Å². The van der Waals surface area contributed by atoms with Gasteiger partial charge >= 0.3 is 0 Å². The minimum atomic E-state index is 0.766. The molecule has 1 fully saturated rings. The number of thioether (sulfide) groups is 1. The summed E-state index contributed by atoms with van der Waals surface area (Å²) in [6.45, 7) is 8.46. The Balaban J connectivity index is 1.72. The number of morpholine rings is 1. The number of ether oxygens (including phenoxy) is 1. The van der Waals surface area contributed by atoms with Crippen molar-refractivity contribution < 1.29 is 4.74 Å². The van der Waals surface area contributed by atoms with Crippen LogP contribution in [-0.4, -0.2) is 41.1 Å². The molecule has 118 valence electrons. The number of nitrogens with zero attached hydrogens (tertiary/aromatic N) is 4. The first-order chi connectivity index (χ1) is 10.8. The normalized spacial score (nSPS) is 15.3. The van der Waals surface area contributed by atoms with E-state index in [4.69, 9.17) is 4.74 Å². The van der Waals surface area contributed by atoms with E-state index in [-0.39, 0.29) is 0 Å². The molecule has 0 unspecified atom stereocenters. The number of aromatic nitrogens is 3. The number of hydrogen-bond donors (Lipinski definition) is 0. The number of rotatable bonds is 5. The molecule has 6 heteroatoms. The van der Waals surface area contributed by atoms with Crippen LogP contribution < -0.4 is 4.90 Å². The summed E-state index contributed by atoms with van der Waals surface area (Å²) in [5.74, 6) is 1.89. The molecule has 0 atom stereocenters. The van der Waals surface area contributed by atoms with E-state index in [0.717, 1.165) is 49.7 Å². The Kier molecular flexibility index (Phi) is 5.00. The van der Waals surface area contributed by atoms with Gasteiger partial charge in [-0.15, -0.1) is 10.2 Å². The fraction of sp³-hybridized carbons (Fsp3) is 0.500. The molecule has 0 N–H and O–H groups in total. The molecule has 0 amide bonds. The molecule has 0 bridgehead atoms. The molecule has 2 aromatic rings. The van der Waals surface area contributed by atoms with Crippen LogP contribution in [-0.2, 0) is 17.0 Å². The maximum Gasteiger partial charge on any atom is 0.228 e. The first-order valence-corrected chi connectivity index (χ1v) is 8.70. The maximum absolute atomic E-state index is 5.41. The molecule has 1 aliphatic heterocycles. The van der Waals surface area contributed by atoms with E-state index in [1.807, 2.05) is 0 Å². The van der Waals surface area contributed by atoms with Crippen molar-refractivity contribution in [3.63, 3.8) is 0 Å². The van der Waals surface area contributed by atoms with Gasteiger partial charge in [0.1, 0.15) is 0 Å². The lowest BCUT2D eigenvalue weighted by Crippen LogP contribution is -2.38. The average Bonchev–Trinajstić information content (AvgIpc) is 2.97. The van der Waals surface area contributed by atoms with Gasteiger partial charge in [-0.05, 0) is 19.4 Å². The number of anilines is 1. The zero-order valence-corrected chi connectivity index (χ0v) is 14.0. The molecule has 3 rings (SSSR count). The smallest absolute Gasteiger partial charge is 0.228 e. The molecule has 1 aromatic carbocycles. The molecule has 0 spiro atoms. The Morgan fingerprint density at radius 3 is 2.77 bits per heavy atom. The largest absolute Gasteiger partial charge is 0.378 e. The fourth-order valence-corrected chi connectivity index (χ4v) is 3.55. The van der Waals surface area contributed by atoms with Gasteiger partial charge in [0.2, 0.25) is 5.95 Å². The number of benzene rings is 1. The van der Waals surface area contributed by atoms with Crippen molar-refractivity contribution in [3.8, 4) is 0 Å². The minimum absolute atomic E-state index is 0.766. The van der Waals surface area contributed by atoms with Crippen molar-refractivity contribution in [1.29, 1.82) is 0 Å². The van der Waals surface area contributed by atoms with Gasteiger partial charge in [0, 0.05) is 25.4 Å². The van der Waals surface area contributed by atoms with E-state index >= 15 is 0 Å². The Morgan fingerprint density at radius 1 is 1.23 bits per heavy atom. The molecule has 5 nitrogen and oxygen atoms in total. The summed E-state index contributed by atoms with van der Waals surface area (Å²) in [7, 11) is 0. The van der Waals surface area contributed by atoms with Crippen LogP contribution >= 0.6 is 11.8 Å². The molecule has 1 saturated heterocycles. The molecule has 1 aromatic heterocycles. The molecule has 22 heavy (non-hydrogen) atoms. The van der Waals surface area contributed by atoms with Crippen LogP contribution in [0.25, 0.3) is 0 Å². The number of hydrogen-bond acceptors (Lipinski definition) is 5. The van der Waals surface area contributed by atoms with Crippen LogP contribution in [0.3, 0.4) is 0 Å². The van der Waals surface area contributed by atoms with Gasteiger partial charge in [-0.3, -0.25) is 4.57 Å². The van der Waals surface area contributed by atoms with Crippen LogP contribution in [0.4, 0.5) is 5.95 Å². The van der Waals surface area contributed by atoms with Crippen molar-refractivity contribution in [2.24, 2.45) is 0 Å². The van der Waals surface area contributed by atoms with Crippen molar-refractivity contribution >= 4 is 17.7 Å². The van der Waals surface area contributed by atoms with E-state index in [9.17, 15) is 0 Å². The number of aryl methyl sites for hydroxylation is 1. The third-order valence-corrected chi connectivity index (χ3v) is 4.80. The highest BCUT2D eigenvalue weighted by Gasteiger charge is 2.19. The Bertz CT molecular complexity index is 622.